The van der Waals surface area contributed by atoms with Crippen molar-refractivity contribution in [2.75, 3.05) is 5.73 Å². The van der Waals surface area contributed by atoms with Crippen molar-refractivity contribution in [1.29, 1.82) is 0 Å². The number of anilines is 1. The molecule has 2 aromatic heterocycles. The summed E-state index contributed by atoms with van der Waals surface area (Å²) in [7, 11) is 0. The number of aromatic carboxylic acids is 2. The number of aromatic amines is 1. The van der Waals surface area contributed by atoms with Gasteiger partial charge in [0.2, 0.25) is 0 Å². The number of aromatic nitrogens is 3. The highest BCUT2D eigenvalue weighted by Crippen LogP contribution is 2.33. The fourth-order valence-corrected chi connectivity index (χ4v) is 3.13. The summed E-state index contributed by atoms with van der Waals surface area (Å²) in [6, 6.07) is 6.42. The number of hydrogen-bond acceptors (Lipinski definition) is 6. The lowest BCUT2D eigenvalue weighted by molar-refractivity contribution is 0.0695. The first-order valence-electron chi connectivity index (χ1n) is 8.98. The maximum atomic E-state index is 12.3. The average molecular weight is 412 g/mol. The Morgan fingerprint density at radius 3 is 2.50 bits per heavy atom. The number of pyridine rings is 1. The number of nitrogens with one attached hydrogen (secondary N) is 1. The highest BCUT2D eigenvalue weighted by molar-refractivity contribution is 6.07. The second-order valence-electron chi connectivity index (χ2n) is 6.80. The van der Waals surface area contributed by atoms with E-state index in [0.717, 1.165) is 0 Å². The SMILES string of the molecule is CC(C)Oc1ccc(-c2c(C(=O)O)c(N)[nH]c(=O)c2C(=O)O)cc1Cn1cccn1. The van der Waals surface area contributed by atoms with E-state index in [-0.39, 0.29) is 23.8 Å². The molecule has 5 N–H and O–H groups in total. The van der Waals surface area contributed by atoms with Gasteiger partial charge in [-0.05, 0) is 37.6 Å². The number of hydrogen-bond donors (Lipinski definition) is 4. The number of nitrogen functional groups attached to an aromatic ring is 1. The summed E-state index contributed by atoms with van der Waals surface area (Å²) in [5.74, 6) is -2.93. The van der Waals surface area contributed by atoms with E-state index in [0.29, 0.717) is 11.3 Å². The number of ether oxygens (including phenoxy) is 1. The number of nitrogens with zero attached hydrogens (tertiary/aromatic N) is 2. The van der Waals surface area contributed by atoms with Gasteiger partial charge < -0.3 is 25.7 Å². The van der Waals surface area contributed by atoms with Gasteiger partial charge in [0.25, 0.3) is 5.56 Å². The van der Waals surface area contributed by atoms with Gasteiger partial charge in [-0.1, -0.05) is 6.07 Å². The average Bonchev–Trinajstić information content (AvgIpc) is 3.14. The van der Waals surface area contributed by atoms with Crippen LogP contribution in [0.25, 0.3) is 11.1 Å². The third kappa shape index (κ3) is 4.02. The Kier molecular flexibility index (Phi) is 5.58. The normalized spacial score (nSPS) is 10.9. The standard InChI is InChI=1S/C20H20N4O6/c1-10(2)30-13-5-4-11(8-12(13)9-24-7-3-6-22-24)14-15(19(26)27)17(21)23-18(25)16(14)20(28)29/h3-8,10H,9H2,1-2H3,(H,26,27)(H,28,29)(H3,21,23,25). The Morgan fingerprint density at radius 1 is 1.23 bits per heavy atom. The van der Waals surface area contributed by atoms with Gasteiger partial charge in [-0.2, -0.15) is 5.10 Å². The monoisotopic (exact) mass is 412 g/mol. The molecule has 0 unspecified atom stereocenters. The molecule has 156 valence electrons. The summed E-state index contributed by atoms with van der Waals surface area (Å²) in [5, 5.41) is 23.3. The Balaban J connectivity index is 2.29. The van der Waals surface area contributed by atoms with E-state index >= 15 is 0 Å². The van der Waals surface area contributed by atoms with Crippen LogP contribution in [0.5, 0.6) is 5.75 Å². The minimum absolute atomic E-state index is 0.133. The molecular formula is C20H20N4O6. The van der Waals surface area contributed by atoms with Crippen LogP contribution < -0.4 is 16.0 Å². The third-order valence-electron chi connectivity index (χ3n) is 4.28. The van der Waals surface area contributed by atoms with E-state index < -0.39 is 34.4 Å². The van der Waals surface area contributed by atoms with E-state index in [1.54, 1.807) is 35.3 Å². The molecule has 0 spiro atoms. The minimum atomic E-state index is -1.56. The number of carboxylic acid groups (broad SMARTS) is 2. The second kappa shape index (κ2) is 8.11. The lowest BCUT2D eigenvalue weighted by Crippen LogP contribution is -2.24. The van der Waals surface area contributed by atoms with Crippen molar-refractivity contribution in [3.05, 3.63) is 63.7 Å². The van der Waals surface area contributed by atoms with Gasteiger partial charge in [0.05, 0.1) is 12.6 Å². The van der Waals surface area contributed by atoms with Crippen LogP contribution in [0.15, 0.2) is 41.5 Å². The van der Waals surface area contributed by atoms with E-state index in [4.69, 9.17) is 10.5 Å². The summed E-state index contributed by atoms with van der Waals surface area (Å²) < 4.78 is 7.46. The molecule has 0 aliphatic rings. The molecule has 30 heavy (non-hydrogen) atoms. The Morgan fingerprint density at radius 2 is 1.93 bits per heavy atom. The zero-order valence-electron chi connectivity index (χ0n) is 16.2. The minimum Gasteiger partial charge on any atom is -0.491 e. The number of carboxylic acids is 2. The number of nitrogens with two attached hydrogens (primary N) is 1. The molecule has 0 saturated carbocycles. The summed E-state index contributed by atoms with van der Waals surface area (Å²) in [4.78, 5) is 37.9. The fraction of sp³-hybridized carbons (Fsp3) is 0.200. The van der Waals surface area contributed by atoms with Gasteiger partial charge in [0.1, 0.15) is 22.7 Å². The largest absolute Gasteiger partial charge is 0.491 e. The highest BCUT2D eigenvalue weighted by atomic mass is 16.5. The van der Waals surface area contributed by atoms with Crippen molar-refractivity contribution in [2.24, 2.45) is 0 Å². The number of benzene rings is 1. The number of carbonyl (C=O) groups is 2. The third-order valence-corrected chi connectivity index (χ3v) is 4.28. The molecule has 0 aliphatic heterocycles. The van der Waals surface area contributed by atoms with Crippen LogP contribution in [0, 0.1) is 0 Å². The molecule has 10 nitrogen and oxygen atoms in total. The van der Waals surface area contributed by atoms with Gasteiger partial charge in [0, 0.05) is 23.5 Å². The summed E-state index contributed by atoms with van der Waals surface area (Å²) in [5.41, 5.74) is 4.08. The van der Waals surface area contributed by atoms with E-state index in [9.17, 15) is 24.6 Å². The van der Waals surface area contributed by atoms with Crippen molar-refractivity contribution in [3.63, 3.8) is 0 Å². The zero-order valence-corrected chi connectivity index (χ0v) is 16.2. The summed E-state index contributed by atoms with van der Waals surface area (Å²) in [6.45, 7) is 3.99. The van der Waals surface area contributed by atoms with E-state index in [1.165, 1.54) is 6.07 Å². The molecule has 0 fully saturated rings. The Hall–Kier alpha value is -4.08. The molecule has 10 heteroatoms. The molecule has 2 heterocycles. The summed E-state index contributed by atoms with van der Waals surface area (Å²) in [6.07, 6.45) is 3.21. The lowest BCUT2D eigenvalue weighted by atomic mass is 9.94. The second-order valence-corrected chi connectivity index (χ2v) is 6.80. The topological polar surface area (TPSA) is 161 Å². The maximum absolute atomic E-state index is 12.3. The molecule has 0 saturated heterocycles. The van der Waals surface area contributed by atoms with E-state index in [1.807, 2.05) is 13.8 Å². The highest BCUT2D eigenvalue weighted by Gasteiger charge is 2.27. The van der Waals surface area contributed by atoms with Gasteiger partial charge in [-0.15, -0.1) is 0 Å². The van der Waals surface area contributed by atoms with Crippen molar-refractivity contribution >= 4 is 17.8 Å². The van der Waals surface area contributed by atoms with Gasteiger partial charge in [-0.25, -0.2) is 9.59 Å². The van der Waals surface area contributed by atoms with E-state index in [2.05, 4.69) is 10.1 Å². The smallest absolute Gasteiger partial charge is 0.342 e. The van der Waals surface area contributed by atoms with Crippen LogP contribution in [-0.2, 0) is 6.54 Å². The molecular weight excluding hydrogens is 392 g/mol. The molecule has 0 radical (unpaired) electrons. The van der Waals surface area contributed by atoms with Crippen LogP contribution in [0.4, 0.5) is 5.82 Å². The molecule has 0 amide bonds. The molecule has 0 aliphatic carbocycles. The summed E-state index contributed by atoms with van der Waals surface area (Å²) >= 11 is 0. The molecule has 0 bridgehead atoms. The van der Waals surface area contributed by atoms with Gasteiger partial charge in [-0.3, -0.25) is 9.48 Å². The number of rotatable bonds is 7. The molecule has 1 aromatic carbocycles. The predicted molar refractivity (Wildman–Crippen MR) is 108 cm³/mol. The van der Waals surface area contributed by atoms with Crippen LogP contribution >= 0.6 is 0 Å². The Labute approximate surface area is 170 Å². The van der Waals surface area contributed by atoms with Gasteiger partial charge in [0.15, 0.2) is 0 Å². The predicted octanol–water partition coefficient (Wildman–Crippen LogP) is 2.05. The van der Waals surface area contributed by atoms with Crippen molar-refractivity contribution in [3.8, 4) is 16.9 Å². The molecule has 3 aromatic rings. The van der Waals surface area contributed by atoms with Crippen molar-refractivity contribution in [2.45, 2.75) is 26.5 Å². The lowest BCUT2D eigenvalue weighted by Gasteiger charge is -2.17. The first kappa shape index (κ1) is 20.6. The maximum Gasteiger partial charge on any atom is 0.342 e. The molecule has 3 rings (SSSR count). The Bertz CT molecular complexity index is 1160. The first-order valence-corrected chi connectivity index (χ1v) is 8.98. The van der Waals surface area contributed by atoms with Crippen LogP contribution in [0.1, 0.15) is 40.1 Å². The molecule has 0 atom stereocenters. The first-order chi connectivity index (χ1) is 14.2. The van der Waals surface area contributed by atoms with Gasteiger partial charge >= 0.3 is 11.9 Å². The van der Waals surface area contributed by atoms with Crippen molar-refractivity contribution in [1.82, 2.24) is 14.8 Å². The quantitative estimate of drug-likeness (QED) is 0.458. The van der Waals surface area contributed by atoms with Crippen LogP contribution in [0.2, 0.25) is 0 Å². The fourth-order valence-electron chi connectivity index (χ4n) is 3.13. The number of H-pyrrole nitrogens is 1. The van der Waals surface area contributed by atoms with Crippen molar-refractivity contribution < 1.29 is 24.5 Å². The zero-order chi connectivity index (χ0) is 22.0. The van der Waals surface area contributed by atoms with Crippen LogP contribution in [-0.4, -0.2) is 43.0 Å². The van der Waals surface area contributed by atoms with Crippen LogP contribution in [0.3, 0.4) is 0 Å².